The number of Topliss-reactive ketones (excluding diaryl/α,β-unsaturated/α-hetero) is 1. The number of hydrogen-bond donors (Lipinski definition) is 2. The molecule has 1 aliphatic carbocycles. The summed E-state index contributed by atoms with van der Waals surface area (Å²) in [6, 6.07) is 7.23. The number of hydrogen-bond acceptors (Lipinski definition) is 2. The Kier molecular flexibility index (Phi) is 2.47. The summed E-state index contributed by atoms with van der Waals surface area (Å²) in [6.45, 7) is 1.92. The number of H-pyrrole nitrogens is 1. The van der Waals surface area contributed by atoms with Gasteiger partial charge in [-0.3, -0.25) is 4.79 Å². The van der Waals surface area contributed by atoms with Crippen LogP contribution in [0.2, 0.25) is 0 Å². The Morgan fingerprint density at radius 1 is 1.22 bits per heavy atom. The quantitative estimate of drug-likeness (QED) is 0.805. The first-order valence-corrected chi connectivity index (χ1v) is 6.21. The molecule has 18 heavy (non-hydrogen) atoms. The van der Waals surface area contributed by atoms with Gasteiger partial charge in [-0.15, -0.1) is 0 Å². The molecule has 1 aromatic heterocycles. The molecule has 0 spiro atoms. The van der Waals surface area contributed by atoms with Crippen LogP contribution in [-0.2, 0) is 6.42 Å². The second-order valence-corrected chi connectivity index (χ2v) is 4.77. The van der Waals surface area contributed by atoms with Crippen molar-refractivity contribution in [3.05, 3.63) is 41.1 Å². The zero-order valence-corrected chi connectivity index (χ0v) is 10.3. The molecule has 2 N–H and O–H groups in total. The van der Waals surface area contributed by atoms with Gasteiger partial charge in [-0.05, 0) is 37.5 Å². The van der Waals surface area contributed by atoms with Gasteiger partial charge in [0.05, 0.1) is 5.69 Å². The summed E-state index contributed by atoms with van der Waals surface area (Å²) >= 11 is 0. The van der Waals surface area contributed by atoms with E-state index in [1.54, 1.807) is 12.1 Å². The Morgan fingerprint density at radius 3 is 2.78 bits per heavy atom. The third-order valence-corrected chi connectivity index (χ3v) is 3.57. The predicted octanol–water partition coefficient (Wildman–Crippen LogP) is 3.21. The molecular weight excluding hydrogens is 226 g/mol. The molecule has 3 nitrogen and oxygen atoms in total. The highest BCUT2D eigenvalue weighted by atomic mass is 16.3. The second kappa shape index (κ2) is 4.02. The maximum absolute atomic E-state index is 12.0. The van der Waals surface area contributed by atoms with E-state index in [2.05, 4.69) is 4.98 Å². The fourth-order valence-corrected chi connectivity index (χ4v) is 2.77. The molecule has 1 aliphatic rings. The maximum atomic E-state index is 12.0. The van der Waals surface area contributed by atoms with E-state index >= 15 is 0 Å². The third-order valence-electron chi connectivity index (χ3n) is 3.57. The molecule has 0 radical (unpaired) electrons. The number of fused-ring (bicyclic) bond motifs is 1. The fourth-order valence-electron chi connectivity index (χ4n) is 2.77. The van der Waals surface area contributed by atoms with E-state index in [4.69, 9.17) is 0 Å². The maximum Gasteiger partial charge on any atom is 0.164 e. The van der Waals surface area contributed by atoms with Gasteiger partial charge in [0.1, 0.15) is 5.75 Å². The first kappa shape index (κ1) is 11.1. The van der Waals surface area contributed by atoms with Crippen LogP contribution >= 0.6 is 0 Å². The number of nitrogens with one attached hydrogen (secondary N) is 1. The van der Waals surface area contributed by atoms with E-state index in [0.717, 1.165) is 40.9 Å². The van der Waals surface area contributed by atoms with Crippen LogP contribution in [0.1, 0.15) is 34.5 Å². The molecule has 1 heterocycles. The number of benzene rings is 1. The molecular formula is C15H15NO2. The van der Waals surface area contributed by atoms with Crippen LogP contribution in [0, 0.1) is 6.92 Å². The molecule has 2 aromatic rings. The molecule has 0 aliphatic heterocycles. The van der Waals surface area contributed by atoms with Crippen molar-refractivity contribution >= 4 is 5.78 Å². The van der Waals surface area contributed by atoms with Gasteiger partial charge >= 0.3 is 0 Å². The highest BCUT2D eigenvalue weighted by Crippen LogP contribution is 2.36. The van der Waals surface area contributed by atoms with Crippen molar-refractivity contribution in [2.45, 2.75) is 26.2 Å². The highest BCUT2D eigenvalue weighted by Gasteiger charge is 2.25. The molecule has 3 heteroatoms. The van der Waals surface area contributed by atoms with E-state index in [0.29, 0.717) is 6.42 Å². The summed E-state index contributed by atoms with van der Waals surface area (Å²) in [5.41, 5.74) is 4.47. The molecule has 0 bridgehead atoms. The lowest BCUT2D eigenvalue weighted by Crippen LogP contribution is -2.09. The number of phenols is 1. The SMILES string of the molecule is Cc1[nH]c(-c2ccccc2O)c2c1C(=O)CCC2. The molecule has 0 amide bonds. The van der Waals surface area contributed by atoms with E-state index in [1.807, 2.05) is 19.1 Å². The van der Waals surface area contributed by atoms with Crippen LogP contribution in [0.4, 0.5) is 0 Å². The molecule has 0 saturated heterocycles. The summed E-state index contributed by atoms with van der Waals surface area (Å²) in [5, 5.41) is 9.94. The van der Waals surface area contributed by atoms with Crippen LogP contribution in [0.25, 0.3) is 11.3 Å². The minimum absolute atomic E-state index is 0.215. The Bertz CT molecular complexity index is 625. The van der Waals surface area contributed by atoms with Crippen molar-refractivity contribution in [1.29, 1.82) is 0 Å². The Balaban J connectivity index is 2.23. The van der Waals surface area contributed by atoms with Gasteiger partial charge in [-0.25, -0.2) is 0 Å². The lowest BCUT2D eigenvalue weighted by Gasteiger charge is -2.13. The van der Waals surface area contributed by atoms with Crippen LogP contribution < -0.4 is 0 Å². The average Bonchev–Trinajstić information content (AvgIpc) is 2.69. The summed E-state index contributed by atoms with van der Waals surface area (Å²) < 4.78 is 0. The second-order valence-electron chi connectivity index (χ2n) is 4.77. The lowest BCUT2D eigenvalue weighted by atomic mass is 9.89. The minimum Gasteiger partial charge on any atom is -0.507 e. The van der Waals surface area contributed by atoms with E-state index in [1.165, 1.54) is 0 Å². The number of para-hydroxylation sites is 1. The normalized spacial score (nSPS) is 14.6. The number of aromatic amines is 1. The van der Waals surface area contributed by atoms with Crippen molar-refractivity contribution < 1.29 is 9.90 Å². The van der Waals surface area contributed by atoms with Crippen molar-refractivity contribution in [3.8, 4) is 17.0 Å². The molecule has 0 saturated carbocycles. The summed E-state index contributed by atoms with van der Waals surface area (Å²) in [5.74, 6) is 0.464. The van der Waals surface area contributed by atoms with E-state index in [9.17, 15) is 9.90 Å². The van der Waals surface area contributed by atoms with Crippen LogP contribution in [0.15, 0.2) is 24.3 Å². The number of aromatic nitrogens is 1. The monoisotopic (exact) mass is 241 g/mol. The zero-order chi connectivity index (χ0) is 12.7. The number of ketones is 1. The smallest absolute Gasteiger partial charge is 0.164 e. The molecule has 0 unspecified atom stereocenters. The Labute approximate surface area is 105 Å². The van der Waals surface area contributed by atoms with Gasteiger partial charge < -0.3 is 10.1 Å². The largest absolute Gasteiger partial charge is 0.507 e. The van der Waals surface area contributed by atoms with Crippen LogP contribution in [-0.4, -0.2) is 15.9 Å². The van der Waals surface area contributed by atoms with Gasteiger partial charge in [0.2, 0.25) is 0 Å². The zero-order valence-electron chi connectivity index (χ0n) is 10.3. The number of carbonyl (C=O) groups is 1. The van der Waals surface area contributed by atoms with Crippen molar-refractivity contribution in [3.63, 3.8) is 0 Å². The molecule has 92 valence electrons. The number of carbonyl (C=O) groups excluding carboxylic acids is 1. The van der Waals surface area contributed by atoms with Crippen LogP contribution in [0.3, 0.4) is 0 Å². The third kappa shape index (κ3) is 1.55. The van der Waals surface area contributed by atoms with Crippen molar-refractivity contribution in [2.24, 2.45) is 0 Å². The van der Waals surface area contributed by atoms with Crippen molar-refractivity contribution in [2.75, 3.05) is 0 Å². The summed E-state index contributed by atoms with van der Waals surface area (Å²) in [4.78, 5) is 15.2. The van der Waals surface area contributed by atoms with Crippen LogP contribution in [0.5, 0.6) is 5.75 Å². The number of aromatic hydroxyl groups is 1. The molecule has 1 aromatic carbocycles. The van der Waals surface area contributed by atoms with Gasteiger partial charge in [-0.1, -0.05) is 12.1 Å². The fraction of sp³-hybridized carbons (Fsp3) is 0.267. The van der Waals surface area contributed by atoms with Crippen molar-refractivity contribution in [1.82, 2.24) is 4.98 Å². The number of phenolic OH excluding ortho intramolecular Hbond substituents is 1. The lowest BCUT2D eigenvalue weighted by molar-refractivity contribution is 0.0972. The minimum atomic E-state index is 0.215. The molecule has 0 fully saturated rings. The van der Waals surface area contributed by atoms with E-state index < -0.39 is 0 Å². The topological polar surface area (TPSA) is 53.1 Å². The summed E-state index contributed by atoms with van der Waals surface area (Å²) in [7, 11) is 0. The Hall–Kier alpha value is -2.03. The highest BCUT2D eigenvalue weighted by molar-refractivity contribution is 6.01. The first-order valence-electron chi connectivity index (χ1n) is 6.21. The Morgan fingerprint density at radius 2 is 2.00 bits per heavy atom. The number of rotatable bonds is 1. The summed E-state index contributed by atoms with van der Waals surface area (Å²) in [6.07, 6.45) is 2.42. The molecule has 0 atom stereocenters. The standard InChI is InChI=1S/C15H15NO2/c1-9-14-11(6-4-8-13(14)18)15(16-9)10-5-2-3-7-12(10)17/h2-3,5,7,16-17H,4,6,8H2,1H3. The van der Waals surface area contributed by atoms with Gasteiger partial charge in [-0.2, -0.15) is 0 Å². The van der Waals surface area contributed by atoms with E-state index in [-0.39, 0.29) is 11.5 Å². The number of aryl methyl sites for hydroxylation is 1. The van der Waals surface area contributed by atoms with Gasteiger partial charge in [0.15, 0.2) is 5.78 Å². The first-order chi connectivity index (χ1) is 8.68. The average molecular weight is 241 g/mol. The predicted molar refractivity (Wildman–Crippen MR) is 69.9 cm³/mol. The van der Waals surface area contributed by atoms with Gasteiger partial charge in [0, 0.05) is 23.2 Å². The molecule has 3 rings (SSSR count). The van der Waals surface area contributed by atoms with Gasteiger partial charge in [0.25, 0.3) is 0 Å².